The zero-order valence-corrected chi connectivity index (χ0v) is 11.9. The number of benzene rings is 1. The van der Waals surface area contributed by atoms with Gasteiger partial charge in [0.15, 0.2) is 12.2 Å². The Labute approximate surface area is 126 Å². The Morgan fingerprint density at radius 2 is 2.14 bits per heavy atom. The average Bonchev–Trinajstić information content (AvgIpc) is 3.17. The highest BCUT2D eigenvalue weighted by Gasteiger charge is 2.43. The highest BCUT2D eigenvalue weighted by atomic mass is 19.1. The summed E-state index contributed by atoms with van der Waals surface area (Å²) in [6.45, 7) is 0.213. The van der Waals surface area contributed by atoms with Crippen LogP contribution in [-0.4, -0.2) is 16.2 Å². The van der Waals surface area contributed by atoms with E-state index in [2.05, 4.69) is 5.10 Å². The van der Waals surface area contributed by atoms with Gasteiger partial charge in [-0.25, -0.2) is 13.5 Å². The Balaban J connectivity index is 1.86. The van der Waals surface area contributed by atoms with Crippen LogP contribution in [0.25, 0.3) is 5.69 Å². The topological polar surface area (TPSA) is 50.9 Å². The first-order valence-corrected chi connectivity index (χ1v) is 7.36. The van der Waals surface area contributed by atoms with Gasteiger partial charge in [0.2, 0.25) is 0 Å². The van der Waals surface area contributed by atoms with E-state index in [0.29, 0.717) is 11.8 Å². The molecule has 0 aliphatic heterocycles. The molecule has 1 aromatic heterocycles. The number of nitrogens with zero attached hydrogens (tertiary/aromatic N) is 2. The number of fused-ring (bicyclic) bond motifs is 5. The molecule has 2 atom stereocenters. The fourth-order valence-electron chi connectivity index (χ4n) is 3.88. The van der Waals surface area contributed by atoms with Gasteiger partial charge in [-0.2, -0.15) is 5.10 Å². The maximum absolute atomic E-state index is 14.1. The zero-order chi connectivity index (χ0) is 15.3. The SMILES string of the molecule is N=COCc1nn(-c2ccc(F)cc2F)c2c1C1CCC2C1. The highest BCUT2D eigenvalue weighted by Crippen LogP contribution is 2.54. The summed E-state index contributed by atoms with van der Waals surface area (Å²) in [6, 6.07) is 3.54. The molecule has 2 aliphatic rings. The summed E-state index contributed by atoms with van der Waals surface area (Å²) in [7, 11) is 0. The van der Waals surface area contributed by atoms with Crippen molar-refractivity contribution in [1.29, 1.82) is 5.41 Å². The van der Waals surface area contributed by atoms with Gasteiger partial charge in [-0.1, -0.05) is 0 Å². The van der Waals surface area contributed by atoms with Crippen molar-refractivity contribution in [2.24, 2.45) is 0 Å². The largest absolute Gasteiger partial charge is 0.477 e. The lowest BCUT2D eigenvalue weighted by atomic mass is 9.95. The normalized spacial score (nSPS) is 21.9. The van der Waals surface area contributed by atoms with Crippen LogP contribution in [0.3, 0.4) is 0 Å². The van der Waals surface area contributed by atoms with Gasteiger partial charge in [-0.05, 0) is 37.3 Å². The fourth-order valence-corrected chi connectivity index (χ4v) is 3.88. The third kappa shape index (κ3) is 1.86. The molecule has 1 aromatic carbocycles. The first-order valence-electron chi connectivity index (χ1n) is 7.36. The molecule has 4 rings (SSSR count). The van der Waals surface area contributed by atoms with E-state index in [-0.39, 0.29) is 12.3 Å². The minimum Gasteiger partial charge on any atom is -0.477 e. The molecule has 0 amide bonds. The molecule has 1 fully saturated rings. The first-order chi connectivity index (χ1) is 10.7. The Morgan fingerprint density at radius 3 is 2.91 bits per heavy atom. The van der Waals surface area contributed by atoms with Crippen molar-refractivity contribution in [2.45, 2.75) is 37.7 Å². The van der Waals surface area contributed by atoms with Gasteiger partial charge in [-0.15, -0.1) is 0 Å². The van der Waals surface area contributed by atoms with E-state index in [1.807, 2.05) is 0 Å². The number of aromatic nitrogens is 2. The number of hydrogen-bond donors (Lipinski definition) is 1. The number of rotatable bonds is 4. The number of nitrogens with one attached hydrogen (secondary N) is 1. The van der Waals surface area contributed by atoms with Crippen molar-refractivity contribution in [3.63, 3.8) is 0 Å². The van der Waals surface area contributed by atoms with Crippen molar-refractivity contribution in [2.75, 3.05) is 0 Å². The molecule has 22 heavy (non-hydrogen) atoms. The van der Waals surface area contributed by atoms with Crippen LogP contribution >= 0.6 is 0 Å². The summed E-state index contributed by atoms with van der Waals surface area (Å²) in [5.74, 6) is -0.390. The Hall–Kier alpha value is -2.24. The predicted octanol–water partition coefficient (Wildman–Crippen LogP) is 3.64. The lowest BCUT2D eigenvalue weighted by Gasteiger charge is -2.14. The van der Waals surface area contributed by atoms with Crippen LogP contribution < -0.4 is 0 Å². The van der Waals surface area contributed by atoms with E-state index >= 15 is 0 Å². The second-order valence-corrected chi connectivity index (χ2v) is 5.89. The lowest BCUT2D eigenvalue weighted by Crippen LogP contribution is -2.07. The minimum absolute atomic E-state index is 0.213. The van der Waals surface area contributed by atoms with Crippen LogP contribution in [0, 0.1) is 17.0 Å². The molecule has 1 heterocycles. The van der Waals surface area contributed by atoms with E-state index in [0.717, 1.165) is 48.7 Å². The number of ether oxygens (including phenoxy) is 1. The third-order valence-electron chi connectivity index (χ3n) is 4.70. The molecule has 0 radical (unpaired) electrons. The molecule has 2 aliphatic carbocycles. The van der Waals surface area contributed by atoms with E-state index in [1.54, 1.807) is 4.68 Å². The van der Waals surface area contributed by atoms with Crippen molar-refractivity contribution >= 4 is 6.40 Å². The molecular formula is C16H15F2N3O. The van der Waals surface area contributed by atoms with E-state index < -0.39 is 11.6 Å². The van der Waals surface area contributed by atoms with Gasteiger partial charge in [0.1, 0.15) is 23.8 Å². The van der Waals surface area contributed by atoms with Crippen molar-refractivity contribution in [3.05, 3.63) is 46.8 Å². The summed E-state index contributed by atoms with van der Waals surface area (Å²) in [4.78, 5) is 0. The van der Waals surface area contributed by atoms with Crippen molar-refractivity contribution in [3.8, 4) is 5.69 Å². The third-order valence-corrected chi connectivity index (χ3v) is 4.70. The van der Waals surface area contributed by atoms with Gasteiger partial charge < -0.3 is 4.74 Å². The molecule has 2 aromatic rings. The van der Waals surface area contributed by atoms with Crippen LogP contribution in [0.4, 0.5) is 8.78 Å². The second-order valence-electron chi connectivity index (χ2n) is 5.89. The average molecular weight is 303 g/mol. The molecule has 2 bridgehead atoms. The Morgan fingerprint density at radius 1 is 1.32 bits per heavy atom. The summed E-state index contributed by atoms with van der Waals surface area (Å²) < 4.78 is 34.0. The number of halogens is 2. The van der Waals surface area contributed by atoms with Crippen molar-refractivity contribution < 1.29 is 13.5 Å². The van der Waals surface area contributed by atoms with Crippen LogP contribution in [0.2, 0.25) is 0 Å². The molecule has 1 N–H and O–H groups in total. The van der Waals surface area contributed by atoms with E-state index in [1.165, 1.54) is 12.1 Å². The molecule has 114 valence electrons. The smallest absolute Gasteiger partial charge is 0.167 e. The maximum atomic E-state index is 14.1. The molecule has 0 saturated heterocycles. The monoisotopic (exact) mass is 303 g/mol. The fraction of sp³-hybridized carbons (Fsp3) is 0.375. The Bertz CT molecular complexity index is 756. The summed E-state index contributed by atoms with van der Waals surface area (Å²) >= 11 is 0. The molecule has 4 nitrogen and oxygen atoms in total. The maximum Gasteiger partial charge on any atom is 0.167 e. The van der Waals surface area contributed by atoms with Crippen LogP contribution in [0.5, 0.6) is 0 Å². The molecule has 1 saturated carbocycles. The van der Waals surface area contributed by atoms with Gasteiger partial charge in [-0.3, -0.25) is 5.41 Å². The summed E-state index contributed by atoms with van der Waals surface area (Å²) in [5, 5.41) is 11.5. The quantitative estimate of drug-likeness (QED) is 0.692. The van der Waals surface area contributed by atoms with Crippen LogP contribution in [0.1, 0.15) is 48.0 Å². The van der Waals surface area contributed by atoms with E-state index in [9.17, 15) is 8.78 Å². The van der Waals surface area contributed by atoms with Gasteiger partial charge >= 0.3 is 0 Å². The second kappa shape index (κ2) is 4.90. The van der Waals surface area contributed by atoms with Crippen LogP contribution in [-0.2, 0) is 11.3 Å². The lowest BCUT2D eigenvalue weighted by molar-refractivity contribution is 0.297. The summed E-state index contributed by atoms with van der Waals surface area (Å²) in [5.41, 5.74) is 3.20. The predicted molar refractivity (Wildman–Crippen MR) is 76.4 cm³/mol. The Kier molecular flexibility index (Phi) is 2.99. The van der Waals surface area contributed by atoms with E-state index in [4.69, 9.17) is 10.1 Å². The summed E-state index contributed by atoms with van der Waals surface area (Å²) in [6.07, 6.45) is 4.15. The van der Waals surface area contributed by atoms with Gasteiger partial charge in [0, 0.05) is 17.5 Å². The van der Waals surface area contributed by atoms with Crippen LogP contribution in [0.15, 0.2) is 18.2 Å². The molecular weight excluding hydrogens is 288 g/mol. The first kappa shape index (κ1) is 13.4. The van der Waals surface area contributed by atoms with Gasteiger partial charge in [0.25, 0.3) is 0 Å². The van der Waals surface area contributed by atoms with Gasteiger partial charge in [0.05, 0.1) is 5.69 Å². The standard InChI is InChI=1S/C16H15F2N3O/c17-11-3-4-14(12(18)6-11)21-16-10-2-1-9(5-10)15(16)13(20-21)7-22-8-19/h3-4,6,8-10,19H,1-2,5,7H2. The zero-order valence-electron chi connectivity index (χ0n) is 11.9. The molecule has 0 spiro atoms. The number of hydrogen-bond acceptors (Lipinski definition) is 3. The molecule has 2 unspecified atom stereocenters. The molecule has 6 heteroatoms. The highest BCUT2D eigenvalue weighted by molar-refractivity contribution is 5.47. The minimum atomic E-state index is -0.618. The van der Waals surface area contributed by atoms with Crippen molar-refractivity contribution in [1.82, 2.24) is 9.78 Å².